The van der Waals surface area contributed by atoms with Gasteiger partial charge in [-0.15, -0.1) is 0 Å². The van der Waals surface area contributed by atoms with Crippen molar-refractivity contribution in [3.05, 3.63) is 58.8 Å². The Balaban J connectivity index is 1.63. The molecule has 0 saturated heterocycles. The highest BCUT2D eigenvalue weighted by Crippen LogP contribution is 2.54. The number of ether oxygens (including phenoxy) is 1. The third-order valence-electron chi connectivity index (χ3n) is 6.50. The summed E-state index contributed by atoms with van der Waals surface area (Å²) >= 11 is 6.37. The summed E-state index contributed by atoms with van der Waals surface area (Å²) in [7, 11) is 1.57. The molecule has 9 heteroatoms. The first-order chi connectivity index (χ1) is 16.0. The van der Waals surface area contributed by atoms with Crippen LogP contribution < -0.4 is 15.4 Å². The Hall–Kier alpha value is -3.65. The Morgan fingerprint density at radius 1 is 1.21 bits per heavy atom. The predicted octanol–water partition coefficient (Wildman–Crippen LogP) is 4.51. The molecule has 1 fully saturated rings. The van der Waals surface area contributed by atoms with Gasteiger partial charge >= 0.3 is 0 Å². The number of anilines is 2. The number of carbonyl (C=O) groups excluding carboxylic acids is 1. The van der Waals surface area contributed by atoms with E-state index in [9.17, 15) is 4.79 Å². The van der Waals surface area contributed by atoms with Crippen LogP contribution >= 0.6 is 11.6 Å². The number of aryl methyl sites for hydroxylation is 1. The monoisotopic (exact) mass is 460 g/mol. The van der Waals surface area contributed by atoms with E-state index in [0.717, 1.165) is 35.3 Å². The number of benzene rings is 1. The molecule has 8 nitrogen and oxygen atoms in total. The molecule has 3 N–H and O–H groups in total. The van der Waals surface area contributed by atoms with E-state index < -0.39 is 0 Å². The van der Waals surface area contributed by atoms with Gasteiger partial charge in [0.05, 0.1) is 41.0 Å². The molecule has 1 amide bonds. The molecule has 1 aliphatic carbocycles. The molecule has 3 aromatic heterocycles. The number of nitrogens with zero attached hydrogens (tertiary/aromatic N) is 3. The van der Waals surface area contributed by atoms with Crippen molar-refractivity contribution in [1.82, 2.24) is 25.3 Å². The Morgan fingerprint density at radius 3 is 2.85 bits per heavy atom. The maximum absolute atomic E-state index is 13.1. The van der Waals surface area contributed by atoms with Crippen molar-refractivity contribution in [3.63, 3.8) is 0 Å². The lowest BCUT2D eigenvalue weighted by Gasteiger charge is -2.23. The van der Waals surface area contributed by atoms with E-state index in [2.05, 4.69) is 30.6 Å². The lowest BCUT2D eigenvalue weighted by Crippen LogP contribution is -2.39. The highest BCUT2D eigenvalue weighted by atomic mass is 35.5. The van der Waals surface area contributed by atoms with Gasteiger partial charge in [0.15, 0.2) is 5.75 Å². The number of aromatic amines is 1. The number of aromatic nitrogens is 4. The second kappa shape index (κ2) is 7.18. The van der Waals surface area contributed by atoms with Gasteiger partial charge in [-0.05, 0) is 38.0 Å². The van der Waals surface area contributed by atoms with E-state index in [1.165, 1.54) is 0 Å². The zero-order valence-electron chi connectivity index (χ0n) is 18.1. The van der Waals surface area contributed by atoms with E-state index >= 15 is 0 Å². The van der Waals surface area contributed by atoms with Gasteiger partial charge < -0.3 is 20.4 Å². The summed E-state index contributed by atoms with van der Waals surface area (Å²) in [4.78, 5) is 30.1. The average Bonchev–Trinajstić information content (AvgIpc) is 3.49. The third-order valence-corrected chi connectivity index (χ3v) is 6.80. The number of hydrogen-bond donors (Lipinski definition) is 3. The van der Waals surface area contributed by atoms with Gasteiger partial charge in [0.2, 0.25) is 0 Å². The second-order valence-corrected chi connectivity index (χ2v) is 8.95. The number of methoxy groups -OCH3 is 1. The van der Waals surface area contributed by atoms with Crippen LogP contribution in [0.15, 0.2) is 36.7 Å². The molecule has 166 valence electrons. The van der Waals surface area contributed by atoms with Crippen LogP contribution in [0.2, 0.25) is 5.02 Å². The molecule has 1 aliphatic heterocycles. The summed E-state index contributed by atoms with van der Waals surface area (Å²) in [5, 5.41) is 7.00. The van der Waals surface area contributed by atoms with Crippen molar-refractivity contribution < 1.29 is 9.53 Å². The zero-order valence-corrected chi connectivity index (χ0v) is 18.9. The number of pyridine rings is 1. The molecule has 0 atom stereocenters. The van der Waals surface area contributed by atoms with E-state index in [4.69, 9.17) is 16.3 Å². The first-order valence-electron chi connectivity index (χ1n) is 10.7. The second-order valence-electron chi connectivity index (χ2n) is 8.54. The molecular weight excluding hydrogens is 440 g/mol. The van der Waals surface area contributed by atoms with Gasteiger partial charge in [-0.1, -0.05) is 17.7 Å². The number of H-pyrrole nitrogens is 1. The topological polar surface area (TPSA) is 105 Å². The predicted molar refractivity (Wildman–Crippen MR) is 126 cm³/mol. The van der Waals surface area contributed by atoms with Crippen LogP contribution in [-0.2, 0) is 5.41 Å². The van der Waals surface area contributed by atoms with Crippen LogP contribution in [0.5, 0.6) is 5.75 Å². The maximum Gasteiger partial charge on any atom is 0.255 e. The molecule has 33 heavy (non-hydrogen) atoms. The van der Waals surface area contributed by atoms with Crippen molar-refractivity contribution in [3.8, 4) is 17.0 Å². The summed E-state index contributed by atoms with van der Waals surface area (Å²) in [6.07, 6.45) is 5.50. The van der Waals surface area contributed by atoms with Crippen molar-refractivity contribution in [2.45, 2.75) is 25.2 Å². The van der Waals surface area contributed by atoms with Crippen LogP contribution in [0.4, 0.5) is 11.4 Å². The van der Waals surface area contributed by atoms with Crippen LogP contribution in [0.25, 0.3) is 22.3 Å². The van der Waals surface area contributed by atoms with E-state index in [-0.39, 0.29) is 11.3 Å². The Bertz CT molecular complexity index is 1440. The van der Waals surface area contributed by atoms with Gasteiger partial charge in [0.25, 0.3) is 5.91 Å². The minimum absolute atomic E-state index is 0.0515. The smallest absolute Gasteiger partial charge is 0.255 e. The lowest BCUT2D eigenvalue weighted by atomic mass is 9.93. The molecule has 1 saturated carbocycles. The fraction of sp³-hybridized carbons (Fsp3) is 0.250. The fourth-order valence-corrected chi connectivity index (χ4v) is 4.89. The lowest BCUT2D eigenvalue weighted by molar-refractivity contribution is 0.0938. The van der Waals surface area contributed by atoms with Crippen molar-refractivity contribution in [1.29, 1.82) is 0 Å². The fourth-order valence-electron chi connectivity index (χ4n) is 4.63. The first-order valence-corrected chi connectivity index (χ1v) is 11.1. The van der Waals surface area contributed by atoms with Gasteiger partial charge in [0, 0.05) is 29.4 Å². The van der Waals surface area contributed by atoms with E-state index in [0.29, 0.717) is 45.6 Å². The summed E-state index contributed by atoms with van der Waals surface area (Å²) in [5.74, 6) is 1.04. The summed E-state index contributed by atoms with van der Waals surface area (Å²) in [6.45, 7) is 2.48. The molecule has 0 unspecified atom stereocenters. The van der Waals surface area contributed by atoms with Gasteiger partial charge in [-0.25, -0.2) is 9.97 Å². The number of fused-ring (bicyclic) bond motifs is 3. The largest absolute Gasteiger partial charge is 0.493 e. The highest BCUT2D eigenvalue weighted by Gasteiger charge is 2.51. The van der Waals surface area contributed by atoms with Gasteiger partial charge in [-0.2, -0.15) is 0 Å². The van der Waals surface area contributed by atoms with Crippen LogP contribution in [0.3, 0.4) is 0 Å². The maximum atomic E-state index is 13.1. The molecule has 4 heterocycles. The number of halogens is 1. The molecule has 4 aromatic rings. The van der Waals surface area contributed by atoms with E-state index in [1.54, 1.807) is 25.6 Å². The Labute approximate surface area is 194 Å². The molecule has 1 spiro atoms. The van der Waals surface area contributed by atoms with Crippen molar-refractivity contribution in [2.24, 2.45) is 0 Å². The quantitative estimate of drug-likeness (QED) is 0.414. The number of rotatable bonds is 4. The summed E-state index contributed by atoms with van der Waals surface area (Å²) in [5.41, 5.74) is 5.87. The molecular formula is C24H21ClN6O2. The highest BCUT2D eigenvalue weighted by molar-refractivity contribution is 6.32. The number of para-hydroxylation sites is 1. The number of hydrogen-bond acceptors (Lipinski definition) is 6. The Morgan fingerprint density at radius 2 is 2.06 bits per heavy atom. The van der Waals surface area contributed by atoms with Crippen molar-refractivity contribution in [2.75, 3.05) is 19.0 Å². The number of nitrogens with one attached hydrogen (secondary N) is 3. The number of amides is 1. The van der Waals surface area contributed by atoms with Crippen molar-refractivity contribution >= 4 is 39.9 Å². The first kappa shape index (κ1) is 20.0. The third kappa shape index (κ3) is 3.05. The SMILES string of the molecule is COc1c(Cl)cccc1Nc1c(-c2ccnc3cnc(C)nc23)[nH]c2c1C(=O)NCC21CC1. The van der Waals surface area contributed by atoms with E-state index in [1.807, 2.05) is 25.1 Å². The van der Waals surface area contributed by atoms with Crippen LogP contribution in [-0.4, -0.2) is 39.5 Å². The standard InChI is InChI=1S/C24H21ClN6O2/c1-12-27-10-16-18(29-12)13(6-9-26-16)19-20(30-15-5-3-4-14(25)21(15)33-2)17-22(31-19)24(7-8-24)11-28-23(17)32/h3-6,9-10,30-31H,7-8,11H2,1-2H3,(H,28,32). The zero-order chi connectivity index (χ0) is 22.7. The van der Waals surface area contributed by atoms with Crippen LogP contribution in [0.1, 0.15) is 34.7 Å². The van der Waals surface area contributed by atoms with Gasteiger partial charge in [-0.3, -0.25) is 9.78 Å². The van der Waals surface area contributed by atoms with Crippen LogP contribution in [0, 0.1) is 6.92 Å². The molecule has 0 radical (unpaired) electrons. The average molecular weight is 461 g/mol. The minimum atomic E-state index is -0.113. The molecule has 1 aromatic carbocycles. The molecule has 0 bridgehead atoms. The van der Waals surface area contributed by atoms with Gasteiger partial charge in [0.1, 0.15) is 16.9 Å². The molecule has 6 rings (SSSR count). The molecule has 2 aliphatic rings. The Kier molecular flexibility index (Phi) is 4.35. The summed E-state index contributed by atoms with van der Waals surface area (Å²) in [6, 6.07) is 7.39. The summed E-state index contributed by atoms with van der Waals surface area (Å²) < 4.78 is 5.54. The number of carbonyl (C=O) groups is 1. The normalized spacial score (nSPS) is 15.9. The minimum Gasteiger partial charge on any atom is -0.493 e.